The molecule has 0 aliphatic carbocycles. The van der Waals surface area contributed by atoms with Gasteiger partial charge in [0.05, 0.1) is 38.0 Å². The topological polar surface area (TPSA) is 98.1 Å². The van der Waals surface area contributed by atoms with Crippen molar-refractivity contribution in [3.63, 3.8) is 0 Å². The van der Waals surface area contributed by atoms with Gasteiger partial charge >= 0.3 is 0 Å². The molecule has 2 aromatic carbocycles. The summed E-state index contributed by atoms with van der Waals surface area (Å²) >= 11 is 0. The summed E-state index contributed by atoms with van der Waals surface area (Å²) in [6.45, 7) is 2.08. The maximum Gasteiger partial charge on any atom is 0.243 e. The van der Waals surface area contributed by atoms with Crippen LogP contribution in [0.4, 0.5) is 0 Å². The van der Waals surface area contributed by atoms with Gasteiger partial charge in [-0.05, 0) is 49.4 Å². The van der Waals surface area contributed by atoms with Gasteiger partial charge in [-0.25, -0.2) is 8.42 Å². The van der Waals surface area contributed by atoms with Crippen LogP contribution in [0.5, 0.6) is 11.5 Å². The number of furan rings is 1. The Morgan fingerprint density at radius 3 is 2.47 bits per heavy atom. The van der Waals surface area contributed by atoms with Gasteiger partial charge in [-0.3, -0.25) is 4.79 Å². The molecule has 0 aliphatic rings. The minimum absolute atomic E-state index is 0.0602. The molecule has 3 rings (SSSR count). The van der Waals surface area contributed by atoms with Gasteiger partial charge < -0.3 is 19.2 Å². The third-order valence-corrected chi connectivity index (χ3v) is 6.48. The summed E-state index contributed by atoms with van der Waals surface area (Å²) < 4.78 is 43.6. The number of hydrogen-bond acceptors (Lipinski definition) is 6. The average molecular weight is 459 g/mol. The minimum atomic E-state index is -3.97. The Morgan fingerprint density at radius 2 is 1.81 bits per heavy atom. The molecule has 1 amide bonds. The van der Waals surface area contributed by atoms with E-state index in [4.69, 9.17) is 13.9 Å². The standard InChI is InChI=1S/C23H26N2O6S/c1-3-30-19-10-12-21(13-11-19)32(27,28)25(16-20-8-6-14-31-20)17-23(26)24-15-18-7-4-5-9-22(18)29-2/h4-14H,3,15-17H2,1-2H3,(H,24,26). The summed E-state index contributed by atoms with van der Waals surface area (Å²) in [6.07, 6.45) is 1.46. The summed E-state index contributed by atoms with van der Waals surface area (Å²) in [6, 6.07) is 16.7. The van der Waals surface area contributed by atoms with E-state index in [0.717, 1.165) is 9.87 Å². The van der Waals surface area contributed by atoms with E-state index in [1.54, 1.807) is 37.4 Å². The highest BCUT2D eigenvalue weighted by Crippen LogP contribution is 2.22. The fraction of sp³-hybridized carbons (Fsp3) is 0.261. The number of amides is 1. The van der Waals surface area contributed by atoms with Crippen LogP contribution in [-0.2, 0) is 27.9 Å². The van der Waals surface area contributed by atoms with Crippen LogP contribution in [-0.4, -0.2) is 38.9 Å². The first kappa shape index (κ1) is 23.4. The number of rotatable bonds is 11. The zero-order valence-electron chi connectivity index (χ0n) is 18.0. The molecule has 0 radical (unpaired) electrons. The van der Waals surface area contributed by atoms with Gasteiger partial charge in [-0.2, -0.15) is 4.31 Å². The fourth-order valence-corrected chi connectivity index (χ4v) is 4.45. The average Bonchev–Trinajstić information content (AvgIpc) is 3.31. The number of sulfonamides is 1. The quantitative estimate of drug-likeness (QED) is 0.474. The molecule has 1 heterocycles. The Morgan fingerprint density at radius 1 is 1.06 bits per heavy atom. The molecule has 0 fully saturated rings. The molecule has 0 atom stereocenters. The largest absolute Gasteiger partial charge is 0.496 e. The molecule has 9 heteroatoms. The van der Waals surface area contributed by atoms with Crippen molar-refractivity contribution in [2.24, 2.45) is 0 Å². The second kappa shape index (κ2) is 10.8. The number of ether oxygens (including phenoxy) is 2. The van der Waals surface area contributed by atoms with E-state index in [1.807, 2.05) is 25.1 Å². The lowest BCUT2D eigenvalue weighted by molar-refractivity contribution is -0.121. The van der Waals surface area contributed by atoms with E-state index < -0.39 is 15.9 Å². The predicted octanol–water partition coefficient (Wildman–Crippen LogP) is 3.19. The Hall–Kier alpha value is -3.30. The van der Waals surface area contributed by atoms with Crippen LogP contribution in [0.15, 0.2) is 76.2 Å². The van der Waals surface area contributed by atoms with Crippen molar-refractivity contribution in [3.05, 3.63) is 78.3 Å². The van der Waals surface area contributed by atoms with E-state index in [1.165, 1.54) is 18.4 Å². The van der Waals surface area contributed by atoms with Crippen molar-refractivity contribution in [1.29, 1.82) is 0 Å². The first-order valence-corrected chi connectivity index (χ1v) is 11.5. The van der Waals surface area contributed by atoms with E-state index >= 15 is 0 Å². The maximum absolute atomic E-state index is 13.3. The molecule has 0 spiro atoms. The Labute approximate surface area is 187 Å². The van der Waals surface area contributed by atoms with Crippen LogP contribution in [0.3, 0.4) is 0 Å². The summed E-state index contributed by atoms with van der Waals surface area (Å²) in [5.41, 5.74) is 0.787. The Kier molecular flexibility index (Phi) is 7.91. The maximum atomic E-state index is 13.3. The Bertz CT molecular complexity index is 1110. The van der Waals surface area contributed by atoms with E-state index in [-0.39, 0.29) is 24.5 Å². The third kappa shape index (κ3) is 5.89. The summed E-state index contributed by atoms with van der Waals surface area (Å²) in [7, 11) is -2.42. The number of benzene rings is 2. The van der Waals surface area contributed by atoms with Crippen LogP contribution < -0.4 is 14.8 Å². The highest BCUT2D eigenvalue weighted by Gasteiger charge is 2.28. The highest BCUT2D eigenvalue weighted by atomic mass is 32.2. The van der Waals surface area contributed by atoms with Gasteiger partial charge in [0.25, 0.3) is 0 Å². The van der Waals surface area contributed by atoms with Crippen LogP contribution >= 0.6 is 0 Å². The molecule has 0 aliphatic heterocycles. The van der Waals surface area contributed by atoms with Gasteiger partial charge in [-0.15, -0.1) is 0 Å². The molecule has 0 saturated heterocycles. The van der Waals surface area contributed by atoms with Crippen LogP contribution in [0.25, 0.3) is 0 Å². The summed E-state index contributed by atoms with van der Waals surface area (Å²) in [5, 5.41) is 2.76. The molecular formula is C23H26N2O6S. The first-order chi connectivity index (χ1) is 15.4. The van der Waals surface area contributed by atoms with Crippen LogP contribution in [0.2, 0.25) is 0 Å². The van der Waals surface area contributed by atoms with Crippen molar-refractivity contribution < 1.29 is 27.1 Å². The minimum Gasteiger partial charge on any atom is -0.496 e. The van der Waals surface area contributed by atoms with E-state index in [0.29, 0.717) is 23.9 Å². The van der Waals surface area contributed by atoms with Gasteiger partial charge in [0.2, 0.25) is 15.9 Å². The molecule has 0 unspecified atom stereocenters. The Balaban J connectivity index is 1.76. The van der Waals surface area contributed by atoms with Crippen molar-refractivity contribution in [3.8, 4) is 11.5 Å². The molecule has 170 valence electrons. The van der Waals surface area contributed by atoms with Gasteiger partial charge in [0.1, 0.15) is 17.3 Å². The van der Waals surface area contributed by atoms with Gasteiger partial charge in [0.15, 0.2) is 0 Å². The molecule has 3 aromatic rings. The van der Waals surface area contributed by atoms with Crippen molar-refractivity contribution in [1.82, 2.24) is 9.62 Å². The lowest BCUT2D eigenvalue weighted by Crippen LogP contribution is -2.40. The molecule has 1 aromatic heterocycles. The third-order valence-electron chi connectivity index (χ3n) is 4.67. The summed E-state index contributed by atoms with van der Waals surface area (Å²) in [4.78, 5) is 12.7. The normalized spacial score (nSPS) is 11.3. The molecule has 0 saturated carbocycles. The number of para-hydroxylation sites is 1. The number of carbonyl (C=O) groups excluding carboxylic acids is 1. The lowest BCUT2D eigenvalue weighted by atomic mass is 10.2. The summed E-state index contributed by atoms with van der Waals surface area (Å²) in [5.74, 6) is 1.19. The fourth-order valence-electron chi connectivity index (χ4n) is 3.08. The zero-order valence-corrected chi connectivity index (χ0v) is 18.8. The molecule has 1 N–H and O–H groups in total. The molecule has 8 nitrogen and oxygen atoms in total. The lowest BCUT2D eigenvalue weighted by Gasteiger charge is -2.21. The monoisotopic (exact) mass is 458 g/mol. The second-order valence-corrected chi connectivity index (χ2v) is 8.78. The number of methoxy groups -OCH3 is 1. The SMILES string of the molecule is CCOc1ccc(S(=O)(=O)N(CC(=O)NCc2ccccc2OC)Cc2ccco2)cc1. The first-order valence-electron chi connectivity index (χ1n) is 10.1. The van der Waals surface area contributed by atoms with Crippen LogP contribution in [0, 0.1) is 0 Å². The molecular weight excluding hydrogens is 432 g/mol. The van der Waals surface area contributed by atoms with Crippen LogP contribution in [0.1, 0.15) is 18.2 Å². The zero-order chi connectivity index (χ0) is 23.0. The van der Waals surface area contributed by atoms with Gasteiger partial charge in [0, 0.05) is 12.1 Å². The highest BCUT2D eigenvalue weighted by molar-refractivity contribution is 7.89. The number of carbonyl (C=O) groups is 1. The van der Waals surface area contributed by atoms with Crippen molar-refractivity contribution in [2.75, 3.05) is 20.3 Å². The number of nitrogens with one attached hydrogen (secondary N) is 1. The molecule has 32 heavy (non-hydrogen) atoms. The van der Waals surface area contributed by atoms with Gasteiger partial charge in [-0.1, -0.05) is 18.2 Å². The van der Waals surface area contributed by atoms with E-state index in [2.05, 4.69) is 5.32 Å². The van der Waals surface area contributed by atoms with Crippen molar-refractivity contribution >= 4 is 15.9 Å². The molecule has 0 bridgehead atoms. The number of nitrogens with zero attached hydrogens (tertiary/aromatic N) is 1. The van der Waals surface area contributed by atoms with E-state index in [9.17, 15) is 13.2 Å². The second-order valence-electron chi connectivity index (χ2n) is 6.85. The smallest absolute Gasteiger partial charge is 0.243 e. The number of hydrogen-bond donors (Lipinski definition) is 1. The predicted molar refractivity (Wildman–Crippen MR) is 119 cm³/mol. The van der Waals surface area contributed by atoms with Crippen molar-refractivity contribution in [2.45, 2.75) is 24.9 Å².